The molecule has 0 aliphatic carbocycles. The third-order valence-corrected chi connectivity index (χ3v) is 6.53. The minimum Gasteiger partial charge on any atom is -0.463 e. The third-order valence-electron chi connectivity index (χ3n) is 6.53. The number of esters is 1. The molecular formula is C28H27N5O6. The lowest BCUT2D eigenvalue weighted by molar-refractivity contribution is -0.149. The number of aliphatic hydroxyl groups excluding tert-OH is 2. The van der Waals surface area contributed by atoms with Crippen molar-refractivity contribution in [1.82, 2.24) is 14.6 Å². The molecule has 5 rings (SSSR count). The first-order valence-electron chi connectivity index (χ1n) is 12.3. The Hall–Kier alpha value is -4.45. The molecule has 4 atom stereocenters. The number of carbonyl (C=O) groups is 2. The van der Waals surface area contributed by atoms with Crippen molar-refractivity contribution in [2.45, 2.75) is 30.3 Å². The van der Waals surface area contributed by atoms with Crippen LogP contribution >= 0.6 is 0 Å². The number of benzene rings is 2. The first-order chi connectivity index (χ1) is 18.9. The number of aromatic nitrogens is 3. The molecule has 11 heteroatoms. The van der Waals surface area contributed by atoms with Crippen molar-refractivity contribution in [3.8, 4) is 0 Å². The summed E-state index contributed by atoms with van der Waals surface area (Å²) in [6.07, 6.45) is -1.20. The van der Waals surface area contributed by atoms with E-state index in [1.807, 2.05) is 36.4 Å². The number of ether oxygens (including phenoxy) is 2. The summed E-state index contributed by atoms with van der Waals surface area (Å²) in [6, 6.07) is 21.1. The summed E-state index contributed by atoms with van der Waals surface area (Å²) in [6.45, 7) is -0.278. The molecule has 4 aromatic rings. The predicted octanol–water partition coefficient (Wildman–Crippen LogP) is 1.78. The molecule has 1 saturated heterocycles. The normalized spacial score (nSPS) is 22.8. The van der Waals surface area contributed by atoms with E-state index in [1.165, 1.54) is 24.1 Å². The Labute approximate surface area is 223 Å². The van der Waals surface area contributed by atoms with E-state index in [0.717, 1.165) is 5.56 Å². The van der Waals surface area contributed by atoms with Crippen LogP contribution in [0.2, 0.25) is 0 Å². The molecule has 1 aliphatic rings. The maximum Gasteiger partial charge on any atom is 0.310 e. The standard InChI is InChI=1S/C28H27N5O6/c1-29-16-28(25(36)24(35)21(39-28)15-38-23(34)14-18-8-4-2-5-9-18)22-13-12-20-26(30-17-31-33(20)22)32-27(37)19-10-6-3-7-11-19/h2-13,16-17,21,24-25,35-36H,14-15H2,1H3,(H,30,31,32,37)/t21-,24-,25-,28+/m1/s1. The predicted molar refractivity (Wildman–Crippen MR) is 141 cm³/mol. The van der Waals surface area contributed by atoms with Crippen LogP contribution in [0.5, 0.6) is 0 Å². The van der Waals surface area contributed by atoms with Gasteiger partial charge in [0.25, 0.3) is 5.91 Å². The number of anilines is 1. The highest BCUT2D eigenvalue weighted by Gasteiger charge is 2.56. The number of carbonyl (C=O) groups excluding carboxylic acids is 2. The molecule has 0 bridgehead atoms. The van der Waals surface area contributed by atoms with E-state index in [-0.39, 0.29) is 24.8 Å². The Morgan fingerprint density at radius 2 is 1.82 bits per heavy atom. The van der Waals surface area contributed by atoms with Gasteiger partial charge in [0.1, 0.15) is 36.8 Å². The smallest absolute Gasteiger partial charge is 0.310 e. The maximum absolute atomic E-state index is 12.7. The number of aliphatic imine (C=N–C) groups is 1. The lowest BCUT2D eigenvalue weighted by Crippen LogP contribution is -2.43. The van der Waals surface area contributed by atoms with Gasteiger partial charge >= 0.3 is 5.97 Å². The summed E-state index contributed by atoms with van der Waals surface area (Å²) in [5.41, 5.74) is 0.399. The second-order valence-corrected chi connectivity index (χ2v) is 9.06. The summed E-state index contributed by atoms with van der Waals surface area (Å²) in [4.78, 5) is 33.4. The quantitative estimate of drug-likeness (QED) is 0.231. The maximum atomic E-state index is 12.7. The molecule has 3 heterocycles. The van der Waals surface area contributed by atoms with Gasteiger partial charge in [0.2, 0.25) is 0 Å². The average Bonchev–Trinajstić information content (AvgIpc) is 3.50. The highest BCUT2D eigenvalue weighted by Crippen LogP contribution is 2.40. The van der Waals surface area contributed by atoms with Crippen molar-refractivity contribution in [1.29, 1.82) is 0 Å². The van der Waals surface area contributed by atoms with E-state index in [9.17, 15) is 19.8 Å². The van der Waals surface area contributed by atoms with Gasteiger partial charge in [-0.15, -0.1) is 0 Å². The van der Waals surface area contributed by atoms with Gasteiger partial charge in [-0.05, 0) is 29.8 Å². The summed E-state index contributed by atoms with van der Waals surface area (Å²) in [7, 11) is 1.51. The molecule has 2 aromatic carbocycles. The number of nitrogens with zero attached hydrogens (tertiary/aromatic N) is 4. The SMILES string of the molecule is CN=C[C@@]1(c2ccc3c(NC(=O)c4ccccc4)ncnn23)O[C@H](COC(=O)Cc2ccccc2)[C@@H](O)[C@H]1O. The highest BCUT2D eigenvalue weighted by molar-refractivity contribution is 6.05. The zero-order valence-corrected chi connectivity index (χ0v) is 21.0. The van der Waals surface area contributed by atoms with E-state index >= 15 is 0 Å². The number of amides is 1. The fourth-order valence-electron chi connectivity index (χ4n) is 4.64. The van der Waals surface area contributed by atoms with Gasteiger partial charge < -0.3 is 25.0 Å². The molecule has 3 N–H and O–H groups in total. The molecule has 0 radical (unpaired) electrons. The molecule has 1 amide bonds. The van der Waals surface area contributed by atoms with Gasteiger partial charge in [-0.2, -0.15) is 5.10 Å². The Morgan fingerprint density at radius 3 is 2.54 bits per heavy atom. The molecular weight excluding hydrogens is 502 g/mol. The number of nitrogens with one attached hydrogen (secondary N) is 1. The van der Waals surface area contributed by atoms with E-state index in [0.29, 0.717) is 16.8 Å². The fraction of sp³-hybridized carbons (Fsp3) is 0.250. The molecule has 39 heavy (non-hydrogen) atoms. The largest absolute Gasteiger partial charge is 0.463 e. The Kier molecular flexibility index (Phi) is 7.46. The summed E-state index contributed by atoms with van der Waals surface area (Å²) in [5, 5.41) is 29.1. The van der Waals surface area contributed by atoms with Crippen molar-refractivity contribution < 1.29 is 29.3 Å². The summed E-state index contributed by atoms with van der Waals surface area (Å²) in [5.74, 6) is -0.602. The summed E-state index contributed by atoms with van der Waals surface area (Å²) >= 11 is 0. The molecule has 200 valence electrons. The van der Waals surface area contributed by atoms with Gasteiger partial charge in [-0.1, -0.05) is 48.5 Å². The second kappa shape index (κ2) is 11.1. The van der Waals surface area contributed by atoms with Crippen LogP contribution in [0, 0.1) is 0 Å². The van der Waals surface area contributed by atoms with E-state index in [4.69, 9.17) is 9.47 Å². The fourth-order valence-corrected chi connectivity index (χ4v) is 4.64. The van der Waals surface area contributed by atoms with Crippen LogP contribution in [0.15, 0.2) is 84.1 Å². The zero-order valence-electron chi connectivity index (χ0n) is 21.0. The van der Waals surface area contributed by atoms with Crippen LogP contribution < -0.4 is 5.32 Å². The van der Waals surface area contributed by atoms with Crippen molar-refractivity contribution in [3.05, 3.63) is 95.9 Å². The van der Waals surface area contributed by atoms with Crippen LogP contribution in [0.1, 0.15) is 21.6 Å². The minimum absolute atomic E-state index is 0.0610. The second-order valence-electron chi connectivity index (χ2n) is 9.06. The highest BCUT2D eigenvalue weighted by atomic mass is 16.6. The van der Waals surface area contributed by atoms with Crippen LogP contribution in [0.3, 0.4) is 0 Å². The van der Waals surface area contributed by atoms with Gasteiger partial charge in [0, 0.05) is 18.8 Å². The van der Waals surface area contributed by atoms with Crippen LogP contribution in [0.25, 0.3) is 5.52 Å². The number of rotatable bonds is 8. The third kappa shape index (κ3) is 5.15. The topological polar surface area (TPSA) is 148 Å². The van der Waals surface area contributed by atoms with E-state index in [1.54, 1.807) is 36.4 Å². The van der Waals surface area contributed by atoms with Crippen molar-refractivity contribution >= 4 is 29.4 Å². The zero-order chi connectivity index (χ0) is 27.4. The van der Waals surface area contributed by atoms with Crippen LogP contribution in [-0.2, 0) is 26.3 Å². The lowest BCUT2D eigenvalue weighted by atomic mass is 9.92. The van der Waals surface area contributed by atoms with Gasteiger partial charge in [-0.25, -0.2) is 9.50 Å². The number of hydrogen-bond donors (Lipinski definition) is 3. The number of hydrogen-bond acceptors (Lipinski definition) is 9. The minimum atomic E-state index is -1.62. The first-order valence-corrected chi connectivity index (χ1v) is 12.3. The molecule has 0 saturated carbocycles. The number of fused-ring (bicyclic) bond motifs is 1. The Bertz CT molecular complexity index is 1490. The van der Waals surface area contributed by atoms with Crippen molar-refractivity contribution in [3.63, 3.8) is 0 Å². The average molecular weight is 530 g/mol. The molecule has 11 nitrogen and oxygen atoms in total. The summed E-state index contributed by atoms with van der Waals surface area (Å²) < 4.78 is 13.0. The monoisotopic (exact) mass is 529 g/mol. The van der Waals surface area contributed by atoms with Crippen LogP contribution in [-0.4, -0.2) is 74.9 Å². The van der Waals surface area contributed by atoms with E-state index < -0.39 is 29.9 Å². The van der Waals surface area contributed by atoms with Gasteiger partial charge in [0.15, 0.2) is 11.4 Å². The van der Waals surface area contributed by atoms with Crippen molar-refractivity contribution in [2.24, 2.45) is 4.99 Å². The lowest BCUT2D eigenvalue weighted by Gasteiger charge is -2.27. The van der Waals surface area contributed by atoms with Gasteiger partial charge in [-0.3, -0.25) is 14.6 Å². The first kappa shape index (κ1) is 26.2. The molecule has 1 fully saturated rings. The molecule has 0 spiro atoms. The van der Waals surface area contributed by atoms with Crippen LogP contribution in [0.4, 0.5) is 5.82 Å². The Balaban J connectivity index is 1.39. The Morgan fingerprint density at radius 1 is 1.10 bits per heavy atom. The van der Waals surface area contributed by atoms with Gasteiger partial charge in [0.05, 0.1) is 12.1 Å². The molecule has 0 unspecified atom stereocenters. The molecule has 1 aliphatic heterocycles. The van der Waals surface area contributed by atoms with Crippen molar-refractivity contribution in [2.75, 3.05) is 19.0 Å². The van der Waals surface area contributed by atoms with E-state index in [2.05, 4.69) is 20.4 Å². The number of aliphatic hydroxyl groups is 2. The molecule has 2 aromatic heterocycles.